The molecule has 0 bridgehead atoms. The van der Waals surface area contributed by atoms with E-state index in [0.29, 0.717) is 18.1 Å². The van der Waals surface area contributed by atoms with E-state index in [2.05, 4.69) is 12.2 Å². The van der Waals surface area contributed by atoms with Crippen molar-refractivity contribution in [1.29, 1.82) is 0 Å². The molecule has 1 aliphatic rings. The van der Waals surface area contributed by atoms with Crippen LogP contribution < -0.4 is 5.32 Å². The molecule has 3 nitrogen and oxygen atoms in total. The lowest BCUT2D eigenvalue weighted by atomic mass is 10.0. The van der Waals surface area contributed by atoms with Crippen molar-refractivity contribution in [2.75, 3.05) is 18.5 Å². The van der Waals surface area contributed by atoms with Crippen LogP contribution >= 0.6 is 0 Å². The van der Waals surface area contributed by atoms with Crippen molar-refractivity contribution in [1.82, 2.24) is 0 Å². The Kier molecular flexibility index (Phi) is 2.62. The summed E-state index contributed by atoms with van der Waals surface area (Å²) in [6.45, 7) is 5.33. The molecule has 15 heavy (non-hydrogen) atoms. The van der Waals surface area contributed by atoms with E-state index in [1.54, 1.807) is 0 Å². The number of hydrogen-bond acceptors (Lipinski definition) is 3. The van der Waals surface area contributed by atoms with Crippen molar-refractivity contribution in [2.45, 2.75) is 19.8 Å². The highest BCUT2D eigenvalue weighted by atomic mass is 16.5. The number of carbonyl (C=O) groups excluding carboxylic acids is 1. The minimum absolute atomic E-state index is 0.237. The second-order valence-corrected chi connectivity index (χ2v) is 3.80. The maximum absolute atomic E-state index is 11.5. The Labute approximate surface area is 89.4 Å². The Hall–Kier alpha value is -1.51. The third-order valence-corrected chi connectivity index (χ3v) is 2.69. The lowest BCUT2D eigenvalue weighted by Gasteiger charge is -2.06. The van der Waals surface area contributed by atoms with Crippen LogP contribution in [-0.4, -0.2) is 19.1 Å². The van der Waals surface area contributed by atoms with Gasteiger partial charge in [-0.2, -0.15) is 0 Å². The summed E-state index contributed by atoms with van der Waals surface area (Å²) in [5, 5.41) is 3.30. The minimum Gasteiger partial charge on any atom is -0.462 e. The SMILES string of the molecule is CCOC(=O)c1ccc2c(c1)C(C)CN2. The second-order valence-electron chi connectivity index (χ2n) is 3.80. The topological polar surface area (TPSA) is 38.3 Å². The van der Waals surface area contributed by atoms with Crippen LogP contribution in [0, 0.1) is 0 Å². The zero-order valence-electron chi connectivity index (χ0n) is 9.04. The Bertz CT molecular complexity index is 387. The molecule has 1 atom stereocenters. The molecule has 0 aromatic heterocycles. The fraction of sp³-hybridized carbons (Fsp3) is 0.417. The first kappa shape index (κ1) is 10.0. The van der Waals surface area contributed by atoms with Gasteiger partial charge in [-0.3, -0.25) is 0 Å². The predicted molar refractivity (Wildman–Crippen MR) is 59.3 cm³/mol. The lowest BCUT2D eigenvalue weighted by Crippen LogP contribution is -2.05. The Morgan fingerprint density at radius 1 is 1.60 bits per heavy atom. The van der Waals surface area contributed by atoms with Crippen LogP contribution in [0.25, 0.3) is 0 Å². The third kappa shape index (κ3) is 1.82. The number of nitrogens with one attached hydrogen (secondary N) is 1. The van der Waals surface area contributed by atoms with Crippen LogP contribution in [0.15, 0.2) is 18.2 Å². The summed E-state index contributed by atoms with van der Waals surface area (Å²) in [6, 6.07) is 5.69. The molecule has 0 spiro atoms. The van der Waals surface area contributed by atoms with E-state index < -0.39 is 0 Å². The van der Waals surface area contributed by atoms with Gasteiger partial charge in [0.05, 0.1) is 12.2 Å². The van der Waals surface area contributed by atoms with Crippen LogP contribution in [0.5, 0.6) is 0 Å². The highest BCUT2D eigenvalue weighted by Crippen LogP contribution is 2.31. The number of anilines is 1. The summed E-state index contributed by atoms with van der Waals surface area (Å²) in [5.41, 5.74) is 2.99. The Morgan fingerprint density at radius 2 is 2.40 bits per heavy atom. The normalized spacial score (nSPS) is 18.1. The van der Waals surface area contributed by atoms with Crippen molar-refractivity contribution in [3.63, 3.8) is 0 Å². The molecule has 1 N–H and O–H groups in total. The standard InChI is InChI=1S/C12H15NO2/c1-3-15-12(14)9-4-5-11-10(6-9)8(2)7-13-11/h4-6,8,13H,3,7H2,1-2H3. The largest absolute Gasteiger partial charge is 0.462 e. The van der Waals surface area contributed by atoms with Gasteiger partial charge in [0.25, 0.3) is 0 Å². The molecule has 1 unspecified atom stereocenters. The van der Waals surface area contributed by atoms with Crippen molar-refractivity contribution in [3.05, 3.63) is 29.3 Å². The maximum Gasteiger partial charge on any atom is 0.338 e. The van der Waals surface area contributed by atoms with Crippen LogP contribution in [-0.2, 0) is 4.74 Å². The molecule has 0 aliphatic carbocycles. The smallest absolute Gasteiger partial charge is 0.338 e. The fourth-order valence-corrected chi connectivity index (χ4v) is 1.85. The van der Waals surface area contributed by atoms with E-state index in [1.165, 1.54) is 5.56 Å². The van der Waals surface area contributed by atoms with Gasteiger partial charge in [0.1, 0.15) is 0 Å². The highest BCUT2D eigenvalue weighted by Gasteiger charge is 2.19. The van der Waals surface area contributed by atoms with Gasteiger partial charge >= 0.3 is 5.97 Å². The van der Waals surface area contributed by atoms with Gasteiger partial charge in [-0.15, -0.1) is 0 Å². The van der Waals surface area contributed by atoms with E-state index in [9.17, 15) is 4.79 Å². The van der Waals surface area contributed by atoms with Gasteiger partial charge in [0.2, 0.25) is 0 Å². The minimum atomic E-state index is -0.237. The summed E-state index contributed by atoms with van der Waals surface area (Å²) < 4.78 is 4.96. The number of rotatable bonds is 2. The van der Waals surface area contributed by atoms with Gasteiger partial charge in [-0.25, -0.2) is 4.79 Å². The number of esters is 1. The average Bonchev–Trinajstić information content (AvgIpc) is 2.60. The molecule has 80 valence electrons. The van der Waals surface area contributed by atoms with E-state index in [1.807, 2.05) is 25.1 Å². The average molecular weight is 205 g/mol. The highest BCUT2D eigenvalue weighted by molar-refractivity contribution is 5.90. The zero-order valence-corrected chi connectivity index (χ0v) is 9.04. The predicted octanol–water partition coefficient (Wildman–Crippen LogP) is 2.39. The Morgan fingerprint density at radius 3 is 3.13 bits per heavy atom. The molecule has 0 saturated heterocycles. The first-order valence-electron chi connectivity index (χ1n) is 5.27. The number of benzene rings is 1. The second kappa shape index (κ2) is 3.93. The molecule has 0 fully saturated rings. The monoisotopic (exact) mass is 205 g/mol. The lowest BCUT2D eigenvalue weighted by molar-refractivity contribution is 0.0526. The number of ether oxygens (including phenoxy) is 1. The number of hydrogen-bond donors (Lipinski definition) is 1. The van der Waals surface area contributed by atoms with Gasteiger partial charge in [0, 0.05) is 18.2 Å². The van der Waals surface area contributed by atoms with Crippen LogP contribution in [0.1, 0.15) is 35.7 Å². The molecule has 0 amide bonds. The van der Waals surface area contributed by atoms with E-state index in [0.717, 1.165) is 12.2 Å². The van der Waals surface area contributed by atoms with E-state index >= 15 is 0 Å². The van der Waals surface area contributed by atoms with Crippen molar-refractivity contribution < 1.29 is 9.53 Å². The van der Waals surface area contributed by atoms with Gasteiger partial charge in [-0.05, 0) is 30.7 Å². The van der Waals surface area contributed by atoms with Crippen molar-refractivity contribution in [2.24, 2.45) is 0 Å². The van der Waals surface area contributed by atoms with Crippen molar-refractivity contribution >= 4 is 11.7 Å². The molecular formula is C12H15NO2. The van der Waals surface area contributed by atoms with Crippen LogP contribution in [0.3, 0.4) is 0 Å². The first-order chi connectivity index (χ1) is 7.22. The molecule has 0 radical (unpaired) electrons. The Balaban J connectivity index is 2.29. The molecule has 0 saturated carbocycles. The molecule has 1 aromatic carbocycles. The molecule has 2 rings (SSSR count). The maximum atomic E-state index is 11.5. The van der Waals surface area contributed by atoms with Gasteiger partial charge in [0.15, 0.2) is 0 Å². The van der Waals surface area contributed by atoms with Gasteiger partial charge in [-0.1, -0.05) is 6.92 Å². The van der Waals surface area contributed by atoms with E-state index in [4.69, 9.17) is 4.74 Å². The molecule has 3 heteroatoms. The fourth-order valence-electron chi connectivity index (χ4n) is 1.85. The van der Waals surface area contributed by atoms with Crippen LogP contribution in [0.2, 0.25) is 0 Å². The molecule has 1 aliphatic heterocycles. The first-order valence-corrected chi connectivity index (χ1v) is 5.27. The summed E-state index contributed by atoms with van der Waals surface area (Å²) in [6.07, 6.45) is 0. The molecular weight excluding hydrogens is 190 g/mol. The zero-order chi connectivity index (χ0) is 10.8. The summed E-state index contributed by atoms with van der Waals surface area (Å²) in [5.74, 6) is 0.230. The van der Waals surface area contributed by atoms with E-state index in [-0.39, 0.29) is 5.97 Å². The van der Waals surface area contributed by atoms with Gasteiger partial charge < -0.3 is 10.1 Å². The van der Waals surface area contributed by atoms with Crippen LogP contribution in [0.4, 0.5) is 5.69 Å². The molecule has 1 heterocycles. The quantitative estimate of drug-likeness (QED) is 0.753. The summed E-state index contributed by atoms with van der Waals surface area (Å²) in [7, 11) is 0. The van der Waals surface area contributed by atoms with Crippen molar-refractivity contribution in [3.8, 4) is 0 Å². The summed E-state index contributed by atoms with van der Waals surface area (Å²) in [4.78, 5) is 11.5. The summed E-state index contributed by atoms with van der Waals surface area (Å²) >= 11 is 0. The third-order valence-electron chi connectivity index (χ3n) is 2.69. The number of carbonyl (C=O) groups is 1. The number of fused-ring (bicyclic) bond motifs is 1. The molecule has 1 aromatic rings.